The summed E-state index contributed by atoms with van der Waals surface area (Å²) in [5.74, 6) is 1.31. The number of anilines is 2. The van der Waals surface area contributed by atoms with Crippen molar-refractivity contribution >= 4 is 29.2 Å². The van der Waals surface area contributed by atoms with Crippen molar-refractivity contribution in [1.82, 2.24) is 15.3 Å². The quantitative estimate of drug-likeness (QED) is 0.554. The van der Waals surface area contributed by atoms with Crippen molar-refractivity contribution in [3.05, 3.63) is 41.6 Å². The van der Waals surface area contributed by atoms with E-state index in [-0.39, 0.29) is 11.9 Å². The van der Waals surface area contributed by atoms with Gasteiger partial charge in [-0.25, -0.2) is 9.97 Å². The Morgan fingerprint density at radius 1 is 1.17 bits per heavy atom. The summed E-state index contributed by atoms with van der Waals surface area (Å²) >= 11 is 1.39. The van der Waals surface area contributed by atoms with Gasteiger partial charge in [-0.05, 0) is 50.5 Å². The lowest BCUT2D eigenvalue weighted by atomic mass is 10.1. The first-order chi connectivity index (χ1) is 14.0. The second-order valence-corrected chi connectivity index (χ2v) is 8.57. The number of carbonyl (C=O) groups is 1. The molecular formula is C22H31N5OS. The maximum Gasteiger partial charge on any atom is 0.230 e. The Labute approximate surface area is 178 Å². The highest BCUT2D eigenvalue weighted by atomic mass is 32.2. The highest BCUT2D eigenvalue weighted by Crippen LogP contribution is 2.24. The number of hydrogen-bond acceptors (Lipinski definition) is 6. The van der Waals surface area contributed by atoms with Gasteiger partial charge >= 0.3 is 0 Å². The number of amides is 1. The maximum atomic E-state index is 12.0. The molecule has 1 saturated heterocycles. The standard InChI is InChI=1S/C22H31N5OS/c1-5-18(4)24-21(28)15-29-22-23-9-8-20(25-22)27-12-10-26(11-13-27)19-14-16(2)6-7-17(19)3/h6-9,14,18H,5,10-13,15H2,1-4H3,(H,24,28). The predicted molar refractivity (Wildman–Crippen MR) is 121 cm³/mol. The molecule has 0 radical (unpaired) electrons. The molecule has 7 heteroatoms. The third-order valence-electron chi connectivity index (χ3n) is 5.28. The van der Waals surface area contributed by atoms with Crippen molar-refractivity contribution in [2.24, 2.45) is 0 Å². The summed E-state index contributed by atoms with van der Waals surface area (Å²) in [6, 6.07) is 8.79. The topological polar surface area (TPSA) is 61.4 Å². The van der Waals surface area contributed by atoms with Crippen LogP contribution in [-0.4, -0.2) is 53.8 Å². The van der Waals surface area contributed by atoms with Crippen molar-refractivity contribution in [1.29, 1.82) is 0 Å². The highest BCUT2D eigenvalue weighted by Gasteiger charge is 2.20. The van der Waals surface area contributed by atoms with Crippen molar-refractivity contribution in [3.8, 4) is 0 Å². The third-order valence-corrected chi connectivity index (χ3v) is 6.14. The van der Waals surface area contributed by atoms with Gasteiger partial charge < -0.3 is 15.1 Å². The maximum absolute atomic E-state index is 12.0. The van der Waals surface area contributed by atoms with Crippen LogP contribution in [0.4, 0.5) is 11.5 Å². The molecule has 0 saturated carbocycles. The Morgan fingerprint density at radius 3 is 2.62 bits per heavy atom. The first-order valence-electron chi connectivity index (χ1n) is 10.3. The zero-order valence-corrected chi connectivity index (χ0v) is 18.6. The number of benzene rings is 1. The summed E-state index contributed by atoms with van der Waals surface area (Å²) in [7, 11) is 0. The van der Waals surface area contributed by atoms with Crippen molar-refractivity contribution in [2.45, 2.75) is 45.3 Å². The number of thioether (sulfide) groups is 1. The SMILES string of the molecule is CCC(C)NC(=O)CSc1nccc(N2CCN(c3cc(C)ccc3C)CC2)n1. The van der Waals surface area contributed by atoms with Gasteiger partial charge in [-0.2, -0.15) is 0 Å². The molecule has 0 spiro atoms. The van der Waals surface area contributed by atoms with E-state index in [1.54, 1.807) is 6.20 Å². The molecule has 156 valence electrons. The second-order valence-electron chi connectivity index (χ2n) is 7.63. The van der Waals surface area contributed by atoms with Gasteiger partial charge in [-0.15, -0.1) is 0 Å². The summed E-state index contributed by atoms with van der Waals surface area (Å²) in [4.78, 5) is 25.7. The zero-order valence-electron chi connectivity index (χ0n) is 17.8. The Balaban J connectivity index is 1.56. The number of aryl methyl sites for hydroxylation is 2. The van der Waals surface area contributed by atoms with Crippen molar-refractivity contribution in [2.75, 3.05) is 41.7 Å². The van der Waals surface area contributed by atoms with Gasteiger partial charge in [0.05, 0.1) is 5.75 Å². The van der Waals surface area contributed by atoms with E-state index >= 15 is 0 Å². The minimum absolute atomic E-state index is 0.0282. The summed E-state index contributed by atoms with van der Waals surface area (Å²) < 4.78 is 0. The Kier molecular flexibility index (Phi) is 7.36. The first kappa shape index (κ1) is 21.4. The van der Waals surface area contributed by atoms with Crippen LogP contribution in [0.1, 0.15) is 31.4 Å². The van der Waals surface area contributed by atoms with Crippen LogP contribution in [0, 0.1) is 13.8 Å². The fourth-order valence-corrected chi connectivity index (χ4v) is 4.00. The molecule has 1 aliphatic heterocycles. The predicted octanol–water partition coefficient (Wildman–Crippen LogP) is 3.43. The van der Waals surface area contributed by atoms with E-state index in [4.69, 9.17) is 0 Å². The molecule has 1 amide bonds. The Morgan fingerprint density at radius 2 is 1.90 bits per heavy atom. The summed E-state index contributed by atoms with van der Waals surface area (Å²) in [6.45, 7) is 12.2. The molecule has 6 nitrogen and oxygen atoms in total. The van der Waals surface area contributed by atoms with Crippen LogP contribution in [0.2, 0.25) is 0 Å². The Hall–Kier alpha value is -2.28. The van der Waals surface area contributed by atoms with Crippen molar-refractivity contribution in [3.63, 3.8) is 0 Å². The van der Waals surface area contributed by atoms with E-state index in [1.165, 1.54) is 28.6 Å². The number of carbonyl (C=O) groups excluding carboxylic acids is 1. The minimum Gasteiger partial charge on any atom is -0.368 e. The fourth-order valence-electron chi connectivity index (χ4n) is 3.36. The van der Waals surface area contributed by atoms with E-state index < -0.39 is 0 Å². The van der Waals surface area contributed by atoms with E-state index in [2.05, 4.69) is 64.1 Å². The van der Waals surface area contributed by atoms with E-state index in [0.29, 0.717) is 10.9 Å². The van der Waals surface area contributed by atoms with Crippen LogP contribution in [0.25, 0.3) is 0 Å². The lowest BCUT2D eigenvalue weighted by Gasteiger charge is -2.37. The molecule has 1 atom stereocenters. The summed E-state index contributed by atoms with van der Waals surface area (Å²) in [5.41, 5.74) is 3.94. The molecule has 1 aromatic carbocycles. The van der Waals surface area contributed by atoms with Gasteiger partial charge in [-0.1, -0.05) is 30.8 Å². The van der Waals surface area contributed by atoms with Gasteiger partial charge in [0.15, 0.2) is 5.16 Å². The van der Waals surface area contributed by atoms with Crippen LogP contribution in [0.15, 0.2) is 35.6 Å². The van der Waals surface area contributed by atoms with Gasteiger partial charge in [0, 0.05) is 44.1 Å². The number of rotatable bonds is 7. The van der Waals surface area contributed by atoms with Crippen LogP contribution in [0.3, 0.4) is 0 Å². The van der Waals surface area contributed by atoms with Crippen molar-refractivity contribution < 1.29 is 4.79 Å². The number of nitrogens with zero attached hydrogens (tertiary/aromatic N) is 4. The number of piperazine rings is 1. The number of hydrogen-bond donors (Lipinski definition) is 1. The molecule has 1 aromatic heterocycles. The molecule has 1 N–H and O–H groups in total. The largest absolute Gasteiger partial charge is 0.368 e. The molecule has 1 aliphatic rings. The zero-order chi connectivity index (χ0) is 20.8. The minimum atomic E-state index is 0.0282. The molecule has 3 rings (SSSR count). The Bertz CT molecular complexity index is 836. The van der Waals surface area contributed by atoms with Gasteiger partial charge in [-0.3, -0.25) is 4.79 Å². The lowest BCUT2D eigenvalue weighted by Crippen LogP contribution is -2.47. The van der Waals surface area contributed by atoms with Gasteiger partial charge in [0.25, 0.3) is 0 Å². The molecular weight excluding hydrogens is 382 g/mol. The van der Waals surface area contributed by atoms with Crippen LogP contribution < -0.4 is 15.1 Å². The highest BCUT2D eigenvalue weighted by molar-refractivity contribution is 7.99. The molecule has 29 heavy (non-hydrogen) atoms. The van der Waals surface area contributed by atoms with Crippen LogP contribution in [-0.2, 0) is 4.79 Å². The first-order valence-corrected chi connectivity index (χ1v) is 11.3. The van der Waals surface area contributed by atoms with Crippen LogP contribution >= 0.6 is 11.8 Å². The lowest BCUT2D eigenvalue weighted by molar-refractivity contribution is -0.119. The monoisotopic (exact) mass is 413 g/mol. The smallest absolute Gasteiger partial charge is 0.230 e. The average Bonchev–Trinajstić information content (AvgIpc) is 2.74. The summed E-state index contributed by atoms with van der Waals surface area (Å²) in [5, 5.41) is 3.63. The average molecular weight is 414 g/mol. The van der Waals surface area contributed by atoms with E-state index in [9.17, 15) is 4.79 Å². The van der Waals surface area contributed by atoms with Gasteiger partial charge in [0.2, 0.25) is 5.91 Å². The normalized spacial score (nSPS) is 15.3. The summed E-state index contributed by atoms with van der Waals surface area (Å²) in [6.07, 6.45) is 2.71. The van der Waals surface area contributed by atoms with E-state index in [1.807, 2.05) is 13.0 Å². The molecule has 1 unspecified atom stereocenters. The van der Waals surface area contributed by atoms with E-state index in [0.717, 1.165) is 38.4 Å². The molecule has 2 heterocycles. The fraction of sp³-hybridized carbons (Fsp3) is 0.500. The van der Waals surface area contributed by atoms with Crippen LogP contribution in [0.5, 0.6) is 0 Å². The molecule has 2 aromatic rings. The van der Waals surface area contributed by atoms with Gasteiger partial charge in [0.1, 0.15) is 5.82 Å². The second kappa shape index (κ2) is 9.96. The molecule has 0 bridgehead atoms. The third kappa shape index (κ3) is 5.85. The molecule has 1 fully saturated rings. The molecule has 0 aliphatic carbocycles. The number of nitrogens with one attached hydrogen (secondary N) is 1. The number of aromatic nitrogens is 2.